The van der Waals surface area contributed by atoms with Crippen molar-refractivity contribution in [3.8, 4) is 0 Å². The first-order valence-electron chi connectivity index (χ1n) is 6.86. The van der Waals surface area contributed by atoms with E-state index in [1.165, 1.54) is 12.8 Å². The molecule has 1 aliphatic rings. The van der Waals surface area contributed by atoms with Crippen molar-refractivity contribution in [3.05, 3.63) is 0 Å². The van der Waals surface area contributed by atoms with Gasteiger partial charge in [0.15, 0.2) is 0 Å². The Labute approximate surface area is 110 Å². The second-order valence-electron chi connectivity index (χ2n) is 5.42. The van der Waals surface area contributed by atoms with Gasteiger partial charge < -0.3 is 20.2 Å². The summed E-state index contributed by atoms with van der Waals surface area (Å²) >= 11 is 0. The first-order valence-corrected chi connectivity index (χ1v) is 6.86. The lowest BCUT2D eigenvalue weighted by molar-refractivity contribution is -0.139. The molecule has 0 bridgehead atoms. The zero-order chi connectivity index (χ0) is 13.5. The van der Waals surface area contributed by atoms with Crippen LogP contribution in [0, 0.1) is 5.92 Å². The van der Waals surface area contributed by atoms with Crippen LogP contribution in [0.1, 0.15) is 19.8 Å². The molecular weight excluding hydrogens is 230 g/mol. The first kappa shape index (κ1) is 15.4. The second-order valence-corrected chi connectivity index (χ2v) is 5.42. The minimum atomic E-state index is -0.757. The van der Waals surface area contributed by atoms with E-state index in [9.17, 15) is 4.79 Å². The molecule has 1 unspecified atom stereocenters. The van der Waals surface area contributed by atoms with Crippen molar-refractivity contribution >= 4 is 5.97 Å². The smallest absolute Gasteiger partial charge is 0.322 e. The molecule has 0 aromatic heterocycles. The maximum absolute atomic E-state index is 11.1. The van der Waals surface area contributed by atoms with Gasteiger partial charge in [0.25, 0.3) is 0 Å². The monoisotopic (exact) mass is 257 g/mol. The van der Waals surface area contributed by atoms with Gasteiger partial charge in [0.1, 0.15) is 6.04 Å². The minimum absolute atomic E-state index is 0.453. The Morgan fingerprint density at radius 2 is 2.11 bits per heavy atom. The highest BCUT2D eigenvalue weighted by molar-refractivity contribution is 5.73. The van der Waals surface area contributed by atoms with Gasteiger partial charge in [-0.25, -0.2) is 0 Å². The molecule has 1 aliphatic heterocycles. The van der Waals surface area contributed by atoms with Gasteiger partial charge in [-0.15, -0.1) is 0 Å². The van der Waals surface area contributed by atoms with Gasteiger partial charge in [0.05, 0.1) is 0 Å². The summed E-state index contributed by atoms with van der Waals surface area (Å²) < 4.78 is 0. The van der Waals surface area contributed by atoms with Crippen LogP contribution in [-0.4, -0.2) is 73.7 Å². The minimum Gasteiger partial charge on any atom is -0.480 e. The summed E-state index contributed by atoms with van der Waals surface area (Å²) in [4.78, 5) is 15.6. The molecule has 5 heteroatoms. The van der Waals surface area contributed by atoms with Crippen LogP contribution in [0.3, 0.4) is 0 Å². The molecule has 0 amide bonds. The highest BCUT2D eigenvalue weighted by Gasteiger charge is 2.22. The molecule has 0 radical (unpaired) electrons. The first-order chi connectivity index (χ1) is 8.52. The molecule has 1 heterocycles. The average molecular weight is 257 g/mol. The van der Waals surface area contributed by atoms with Gasteiger partial charge in [-0.05, 0) is 52.5 Å². The molecule has 1 fully saturated rings. The third-order valence-electron chi connectivity index (χ3n) is 3.65. The van der Waals surface area contributed by atoms with Crippen LogP contribution in [0.4, 0.5) is 0 Å². The van der Waals surface area contributed by atoms with E-state index in [1.54, 1.807) is 0 Å². The van der Waals surface area contributed by atoms with Crippen molar-refractivity contribution in [2.24, 2.45) is 5.92 Å². The number of aliphatic carboxylic acids is 1. The normalized spacial score (nSPS) is 20.2. The summed E-state index contributed by atoms with van der Waals surface area (Å²) in [7, 11) is 4.18. The number of piperidine rings is 1. The molecule has 0 saturated carbocycles. The number of carboxylic acid groups (broad SMARTS) is 1. The zero-order valence-electron chi connectivity index (χ0n) is 11.9. The third-order valence-corrected chi connectivity index (χ3v) is 3.65. The van der Waals surface area contributed by atoms with Crippen LogP contribution in [0.2, 0.25) is 0 Å². The molecule has 1 atom stereocenters. The van der Waals surface area contributed by atoms with E-state index in [0.717, 1.165) is 19.6 Å². The van der Waals surface area contributed by atoms with Crippen molar-refractivity contribution in [1.82, 2.24) is 15.1 Å². The van der Waals surface area contributed by atoms with Crippen LogP contribution >= 0.6 is 0 Å². The Hall–Kier alpha value is -0.650. The van der Waals surface area contributed by atoms with Crippen LogP contribution in [0.5, 0.6) is 0 Å². The lowest BCUT2D eigenvalue weighted by Gasteiger charge is -2.32. The molecule has 1 rings (SSSR count). The number of nitrogens with zero attached hydrogens (tertiary/aromatic N) is 2. The number of carboxylic acids is 1. The zero-order valence-corrected chi connectivity index (χ0v) is 11.9. The van der Waals surface area contributed by atoms with Gasteiger partial charge in [-0.3, -0.25) is 4.79 Å². The lowest BCUT2D eigenvalue weighted by atomic mass is 9.96. The number of likely N-dealkylation sites (tertiary alicyclic amines) is 1. The lowest BCUT2D eigenvalue weighted by Crippen LogP contribution is -2.46. The molecule has 0 aromatic carbocycles. The number of rotatable bonds is 7. The molecule has 1 saturated heterocycles. The van der Waals surface area contributed by atoms with E-state index in [1.807, 2.05) is 14.0 Å². The molecule has 0 spiro atoms. The van der Waals surface area contributed by atoms with Gasteiger partial charge in [0, 0.05) is 13.1 Å². The second kappa shape index (κ2) is 7.71. The van der Waals surface area contributed by atoms with E-state index in [2.05, 4.69) is 22.2 Å². The molecule has 0 aliphatic carbocycles. The molecule has 106 valence electrons. The van der Waals surface area contributed by atoms with E-state index >= 15 is 0 Å². The fraction of sp³-hybridized carbons (Fsp3) is 0.923. The maximum Gasteiger partial charge on any atom is 0.322 e. The van der Waals surface area contributed by atoms with Crippen molar-refractivity contribution in [2.75, 3.05) is 46.8 Å². The van der Waals surface area contributed by atoms with Crippen LogP contribution in [0.15, 0.2) is 0 Å². The highest BCUT2D eigenvalue weighted by Crippen LogP contribution is 2.16. The van der Waals surface area contributed by atoms with Crippen molar-refractivity contribution in [3.63, 3.8) is 0 Å². The van der Waals surface area contributed by atoms with E-state index in [4.69, 9.17) is 5.11 Å². The number of hydrogen-bond acceptors (Lipinski definition) is 4. The van der Waals surface area contributed by atoms with Gasteiger partial charge >= 0.3 is 5.97 Å². The fourth-order valence-electron chi connectivity index (χ4n) is 2.55. The predicted molar refractivity (Wildman–Crippen MR) is 72.8 cm³/mol. The Morgan fingerprint density at radius 3 is 2.61 bits per heavy atom. The molecule has 0 aromatic rings. The molecule has 2 N–H and O–H groups in total. The van der Waals surface area contributed by atoms with Crippen LogP contribution in [-0.2, 0) is 4.79 Å². The molecular formula is C13H27N3O2. The van der Waals surface area contributed by atoms with Gasteiger partial charge in [-0.2, -0.15) is 0 Å². The largest absolute Gasteiger partial charge is 0.480 e. The number of carbonyl (C=O) groups is 1. The summed E-state index contributed by atoms with van der Waals surface area (Å²) in [6.07, 6.45) is 2.44. The Bertz CT molecular complexity index is 253. The Morgan fingerprint density at radius 1 is 1.50 bits per heavy atom. The summed E-state index contributed by atoms with van der Waals surface area (Å²) in [5.41, 5.74) is 0. The third kappa shape index (κ3) is 5.33. The van der Waals surface area contributed by atoms with Gasteiger partial charge in [-0.1, -0.05) is 6.92 Å². The summed E-state index contributed by atoms with van der Waals surface area (Å²) in [5.74, 6) is -0.0469. The molecule has 18 heavy (non-hydrogen) atoms. The average Bonchev–Trinajstić information content (AvgIpc) is 2.31. The predicted octanol–water partition coefficient (Wildman–Crippen LogP) is 0.323. The Balaban J connectivity index is 2.31. The number of hydrogen-bond donors (Lipinski definition) is 2. The van der Waals surface area contributed by atoms with Crippen LogP contribution < -0.4 is 5.32 Å². The van der Waals surface area contributed by atoms with E-state index in [-0.39, 0.29) is 0 Å². The van der Waals surface area contributed by atoms with Crippen molar-refractivity contribution < 1.29 is 9.90 Å². The Kier molecular flexibility index (Phi) is 6.60. The highest BCUT2D eigenvalue weighted by atomic mass is 16.4. The van der Waals surface area contributed by atoms with E-state index in [0.29, 0.717) is 19.0 Å². The van der Waals surface area contributed by atoms with Gasteiger partial charge in [0.2, 0.25) is 0 Å². The topological polar surface area (TPSA) is 55.8 Å². The van der Waals surface area contributed by atoms with Crippen LogP contribution in [0.25, 0.3) is 0 Å². The molecule has 5 nitrogen and oxygen atoms in total. The van der Waals surface area contributed by atoms with Crippen molar-refractivity contribution in [2.45, 2.75) is 25.8 Å². The standard InChI is InChI=1S/C13H27N3O2/c1-4-14-12(13(17)18)10-16(3)9-11-5-7-15(2)8-6-11/h11-12,14H,4-10H2,1-3H3,(H,17,18). The number of likely N-dealkylation sites (N-methyl/N-ethyl adjacent to an activating group) is 2. The maximum atomic E-state index is 11.1. The number of nitrogens with one attached hydrogen (secondary N) is 1. The fourth-order valence-corrected chi connectivity index (χ4v) is 2.55. The summed E-state index contributed by atoms with van der Waals surface area (Å²) in [6.45, 7) is 6.53. The summed E-state index contributed by atoms with van der Waals surface area (Å²) in [5, 5.41) is 12.1. The SMILES string of the molecule is CCNC(CN(C)CC1CCN(C)CC1)C(=O)O. The summed E-state index contributed by atoms with van der Waals surface area (Å²) in [6, 6.07) is -0.453. The van der Waals surface area contributed by atoms with Crippen molar-refractivity contribution in [1.29, 1.82) is 0 Å². The van der Waals surface area contributed by atoms with E-state index < -0.39 is 12.0 Å². The quantitative estimate of drug-likeness (QED) is 0.688.